The molecule has 2 N–H and O–H groups in total. The molecule has 0 saturated heterocycles. The maximum absolute atomic E-state index is 10.7. The van der Waals surface area contributed by atoms with E-state index in [9.17, 15) is 10.1 Å². The van der Waals surface area contributed by atoms with Crippen molar-refractivity contribution in [1.82, 2.24) is 0 Å². The lowest BCUT2D eigenvalue weighted by molar-refractivity contribution is -0.383. The van der Waals surface area contributed by atoms with Crippen LogP contribution in [0.5, 0.6) is 0 Å². The van der Waals surface area contributed by atoms with Crippen LogP contribution in [-0.2, 0) is 0 Å². The fourth-order valence-electron chi connectivity index (χ4n) is 1.60. The van der Waals surface area contributed by atoms with Crippen LogP contribution in [0.1, 0.15) is 5.56 Å². The molecule has 2 aromatic rings. The predicted molar refractivity (Wildman–Crippen MR) is 59.8 cm³/mol. The molecule has 2 rings (SSSR count). The summed E-state index contributed by atoms with van der Waals surface area (Å²) in [5, 5.41) is 12.3. The van der Waals surface area contributed by atoms with Gasteiger partial charge in [-0.05, 0) is 24.4 Å². The van der Waals surface area contributed by atoms with Crippen molar-refractivity contribution in [3.05, 3.63) is 46.0 Å². The van der Waals surface area contributed by atoms with Crippen molar-refractivity contribution in [3.8, 4) is 0 Å². The molecule has 0 aliphatic heterocycles. The van der Waals surface area contributed by atoms with Gasteiger partial charge in [0.25, 0.3) is 5.69 Å². The van der Waals surface area contributed by atoms with E-state index < -0.39 is 4.92 Å². The fourth-order valence-corrected chi connectivity index (χ4v) is 1.60. The first kappa shape index (κ1) is 9.45. The highest BCUT2D eigenvalue weighted by Crippen LogP contribution is 2.30. The van der Waals surface area contributed by atoms with E-state index in [0.717, 1.165) is 16.3 Å². The molecular weight excluding hydrogens is 192 g/mol. The summed E-state index contributed by atoms with van der Waals surface area (Å²) in [6, 6.07) is 8.87. The van der Waals surface area contributed by atoms with Gasteiger partial charge in [0.1, 0.15) is 5.69 Å². The second-order valence-corrected chi connectivity index (χ2v) is 3.48. The van der Waals surface area contributed by atoms with Gasteiger partial charge in [-0.3, -0.25) is 10.1 Å². The molecule has 76 valence electrons. The van der Waals surface area contributed by atoms with E-state index in [4.69, 9.17) is 5.73 Å². The summed E-state index contributed by atoms with van der Waals surface area (Å²) in [4.78, 5) is 10.2. The number of hydrogen-bond acceptors (Lipinski definition) is 3. The Bertz CT molecular complexity index is 550. The number of hydrogen-bond donors (Lipinski definition) is 1. The summed E-state index contributed by atoms with van der Waals surface area (Å²) >= 11 is 0. The molecule has 0 unspecified atom stereocenters. The number of anilines is 1. The number of nitrogens with zero attached hydrogens (tertiary/aromatic N) is 1. The van der Waals surface area contributed by atoms with Crippen molar-refractivity contribution in [3.63, 3.8) is 0 Å². The molecule has 0 aromatic heterocycles. The van der Waals surface area contributed by atoms with Gasteiger partial charge < -0.3 is 5.73 Å². The van der Waals surface area contributed by atoms with E-state index in [2.05, 4.69) is 0 Å². The average molecular weight is 202 g/mol. The lowest BCUT2D eigenvalue weighted by Gasteiger charge is -2.03. The van der Waals surface area contributed by atoms with Gasteiger partial charge >= 0.3 is 0 Å². The molecule has 0 radical (unpaired) electrons. The molecule has 0 atom stereocenters. The SMILES string of the molecule is Cc1ccc2ccc([N+](=O)[O-])c(N)c2c1. The van der Waals surface area contributed by atoms with Gasteiger partial charge in [-0.25, -0.2) is 0 Å². The standard InChI is InChI=1S/C11H10N2O2/c1-7-2-3-8-4-5-10(13(14)15)11(12)9(8)6-7/h2-6H,12H2,1H3. The molecule has 0 amide bonds. The van der Waals surface area contributed by atoms with Crippen LogP contribution in [0.25, 0.3) is 10.8 Å². The molecule has 0 saturated carbocycles. The van der Waals surface area contributed by atoms with Gasteiger partial charge in [0.05, 0.1) is 4.92 Å². The Morgan fingerprint density at radius 1 is 1.27 bits per heavy atom. The van der Waals surface area contributed by atoms with Gasteiger partial charge in [-0.1, -0.05) is 17.7 Å². The van der Waals surface area contributed by atoms with Gasteiger partial charge in [-0.2, -0.15) is 0 Å². The van der Waals surface area contributed by atoms with Crippen molar-refractivity contribution in [2.24, 2.45) is 0 Å². The van der Waals surface area contributed by atoms with Crippen LogP contribution in [-0.4, -0.2) is 4.92 Å². The first-order chi connectivity index (χ1) is 7.09. The predicted octanol–water partition coefficient (Wildman–Crippen LogP) is 2.64. The third-order valence-electron chi connectivity index (χ3n) is 2.39. The Morgan fingerprint density at radius 3 is 2.60 bits per heavy atom. The smallest absolute Gasteiger partial charge is 0.292 e. The number of benzene rings is 2. The summed E-state index contributed by atoms with van der Waals surface area (Å²) < 4.78 is 0. The Morgan fingerprint density at radius 2 is 1.93 bits per heavy atom. The number of rotatable bonds is 1. The second kappa shape index (κ2) is 3.24. The van der Waals surface area contributed by atoms with E-state index in [1.165, 1.54) is 6.07 Å². The molecule has 0 aliphatic rings. The number of nitrogen functional groups attached to an aromatic ring is 1. The molecule has 0 aliphatic carbocycles. The summed E-state index contributed by atoms with van der Waals surface area (Å²) in [6.45, 7) is 1.93. The summed E-state index contributed by atoms with van der Waals surface area (Å²) in [5.41, 5.74) is 6.99. The summed E-state index contributed by atoms with van der Waals surface area (Å²) in [6.07, 6.45) is 0. The van der Waals surface area contributed by atoms with Gasteiger partial charge in [0, 0.05) is 11.5 Å². The molecule has 15 heavy (non-hydrogen) atoms. The zero-order valence-electron chi connectivity index (χ0n) is 8.23. The monoisotopic (exact) mass is 202 g/mol. The minimum Gasteiger partial charge on any atom is -0.393 e. The zero-order chi connectivity index (χ0) is 11.0. The Labute approximate surface area is 86.5 Å². The van der Waals surface area contributed by atoms with Crippen LogP contribution in [0.15, 0.2) is 30.3 Å². The first-order valence-corrected chi connectivity index (χ1v) is 4.53. The molecule has 0 bridgehead atoms. The highest BCUT2D eigenvalue weighted by atomic mass is 16.6. The summed E-state index contributed by atoms with van der Waals surface area (Å²) in [5.74, 6) is 0. The van der Waals surface area contributed by atoms with Gasteiger partial charge in [0.2, 0.25) is 0 Å². The third kappa shape index (κ3) is 1.50. The van der Waals surface area contributed by atoms with Crippen molar-refractivity contribution >= 4 is 22.1 Å². The number of nitro benzene ring substituents is 1. The average Bonchev–Trinajstić information content (AvgIpc) is 2.19. The van der Waals surface area contributed by atoms with Crippen LogP contribution < -0.4 is 5.73 Å². The zero-order valence-corrected chi connectivity index (χ0v) is 8.23. The van der Waals surface area contributed by atoms with E-state index >= 15 is 0 Å². The molecule has 0 heterocycles. The second-order valence-electron chi connectivity index (χ2n) is 3.48. The van der Waals surface area contributed by atoms with Crippen LogP contribution in [0, 0.1) is 17.0 Å². The minimum absolute atomic E-state index is 0.0342. The van der Waals surface area contributed by atoms with Crippen molar-refractivity contribution in [2.75, 3.05) is 5.73 Å². The number of fused-ring (bicyclic) bond motifs is 1. The normalized spacial score (nSPS) is 10.5. The number of nitrogens with two attached hydrogens (primary N) is 1. The van der Waals surface area contributed by atoms with Crippen LogP contribution >= 0.6 is 0 Å². The fraction of sp³-hybridized carbons (Fsp3) is 0.0909. The Balaban J connectivity index is 2.82. The molecular formula is C11H10N2O2. The largest absolute Gasteiger partial charge is 0.393 e. The Kier molecular flexibility index (Phi) is 2.04. The van der Waals surface area contributed by atoms with Crippen molar-refractivity contribution < 1.29 is 4.92 Å². The lowest BCUT2D eigenvalue weighted by atomic mass is 10.1. The molecule has 0 spiro atoms. The number of aryl methyl sites for hydroxylation is 1. The molecule has 2 aromatic carbocycles. The first-order valence-electron chi connectivity index (χ1n) is 4.53. The van der Waals surface area contributed by atoms with Crippen molar-refractivity contribution in [1.29, 1.82) is 0 Å². The topological polar surface area (TPSA) is 69.2 Å². The molecule has 4 nitrogen and oxygen atoms in total. The number of nitro groups is 1. The minimum atomic E-state index is -0.461. The van der Waals surface area contributed by atoms with Crippen molar-refractivity contribution in [2.45, 2.75) is 6.92 Å². The van der Waals surface area contributed by atoms with E-state index in [1.807, 2.05) is 25.1 Å². The van der Waals surface area contributed by atoms with E-state index in [0.29, 0.717) is 0 Å². The lowest BCUT2D eigenvalue weighted by Crippen LogP contribution is -1.96. The highest BCUT2D eigenvalue weighted by Gasteiger charge is 2.13. The maximum atomic E-state index is 10.7. The van der Waals surface area contributed by atoms with Gasteiger partial charge in [-0.15, -0.1) is 0 Å². The Hall–Kier alpha value is -2.10. The quantitative estimate of drug-likeness (QED) is 0.439. The maximum Gasteiger partial charge on any atom is 0.292 e. The van der Waals surface area contributed by atoms with E-state index in [-0.39, 0.29) is 11.4 Å². The molecule has 0 fully saturated rings. The van der Waals surface area contributed by atoms with Gasteiger partial charge in [0.15, 0.2) is 0 Å². The summed E-state index contributed by atoms with van der Waals surface area (Å²) in [7, 11) is 0. The van der Waals surface area contributed by atoms with Crippen LogP contribution in [0.2, 0.25) is 0 Å². The van der Waals surface area contributed by atoms with Crippen LogP contribution in [0.4, 0.5) is 11.4 Å². The highest BCUT2D eigenvalue weighted by molar-refractivity contribution is 5.97. The van der Waals surface area contributed by atoms with Crippen LogP contribution in [0.3, 0.4) is 0 Å². The molecule has 4 heteroatoms. The third-order valence-corrected chi connectivity index (χ3v) is 2.39. The van der Waals surface area contributed by atoms with E-state index in [1.54, 1.807) is 6.07 Å².